The van der Waals surface area contributed by atoms with Crippen LogP contribution in [0.3, 0.4) is 0 Å². The SMILES string of the molecule is CCCCCOCC(=O)N1CC(N2CC[C@@H](O)C2)C1. The molecule has 2 rings (SSSR count). The van der Waals surface area contributed by atoms with Gasteiger partial charge in [0.15, 0.2) is 0 Å². The molecule has 19 heavy (non-hydrogen) atoms. The van der Waals surface area contributed by atoms with E-state index in [1.807, 2.05) is 4.90 Å². The van der Waals surface area contributed by atoms with Crippen LogP contribution in [0.1, 0.15) is 32.6 Å². The molecule has 0 spiro atoms. The van der Waals surface area contributed by atoms with E-state index in [1.165, 1.54) is 6.42 Å². The summed E-state index contributed by atoms with van der Waals surface area (Å²) in [6, 6.07) is 0.446. The molecular weight excluding hydrogens is 244 g/mol. The summed E-state index contributed by atoms with van der Waals surface area (Å²) in [6.07, 6.45) is 4.07. The Morgan fingerprint density at radius 2 is 2.11 bits per heavy atom. The summed E-state index contributed by atoms with van der Waals surface area (Å²) in [5.74, 6) is 0.104. The van der Waals surface area contributed by atoms with Gasteiger partial charge in [-0.15, -0.1) is 0 Å². The Morgan fingerprint density at radius 3 is 2.74 bits per heavy atom. The fraction of sp³-hybridized carbons (Fsp3) is 0.929. The molecule has 2 aliphatic rings. The second-order valence-corrected chi connectivity index (χ2v) is 5.65. The van der Waals surface area contributed by atoms with Crippen molar-refractivity contribution in [2.24, 2.45) is 0 Å². The fourth-order valence-electron chi connectivity index (χ4n) is 2.69. The smallest absolute Gasteiger partial charge is 0.248 e. The Morgan fingerprint density at radius 1 is 1.32 bits per heavy atom. The third kappa shape index (κ3) is 4.16. The van der Waals surface area contributed by atoms with Gasteiger partial charge in [0, 0.05) is 38.8 Å². The summed E-state index contributed by atoms with van der Waals surface area (Å²) in [5, 5.41) is 9.49. The highest BCUT2D eigenvalue weighted by molar-refractivity contribution is 5.78. The molecule has 2 aliphatic heterocycles. The molecule has 2 fully saturated rings. The fourth-order valence-corrected chi connectivity index (χ4v) is 2.69. The average Bonchev–Trinajstić information content (AvgIpc) is 2.73. The first-order valence-corrected chi connectivity index (χ1v) is 7.48. The van der Waals surface area contributed by atoms with E-state index in [4.69, 9.17) is 4.74 Å². The minimum Gasteiger partial charge on any atom is -0.392 e. The van der Waals surface area contributed by atoms with Gasteiger partial charge in [0.25, 0.3) is 0 Å². The van der Waals surface area contributed by atoms with E-state index in [9.17, 15) is 9.90 Å². The molecule has 5 nitrogen and oxygen atoms in total. The zero-order valence-electron chi connectivity index (χ0n) is 11.9. The van der Waals surface area contributed by atoms with Crippen molar-refractivity contribution < 1.29 is 14.6 Å². The zero-order chi connectivity index (χ0) is 13.7. The lowest BCUT2D eigenvalue weighted by atomic mass is 10.1. The first-order chi connectivity index (χ1) is 9.20. The van der Waals surface area contributed by atoms with Crippen molar-refractivity contribution in [3.63, 3.8) is 0 Å². The van der Waals surface area contributed by atoms with Crippen LogP contribution in [0.15, 0.2) is 0 Å². The van der Waals surface area contributed by atoms with E-state index in [-0.39, 0.29) is 18.6 Å². The van der Waals surface area contributed by atoms with Crippen LogP contribution in [0.2, 0.25) is 0 Å². The Hall–Kier alpha value is -0.650. The first-order valence-electron chi connectivity index (χ1n) is 7.48. The van der Waals surface area contributed by atoms with Crippen molar-refractivity contribution in [1.29, 1.82) is 0 Å². The van der Waals surface area contributed by atoms with E-state index < -0.39 is 0 Å². The number of nitrogens with zero attached hydrogens (tertiary/aromatic N) is 2. The summed E-state index contributed by atoms with van der Waals surface area (Å²) in [5.41, 5.74) is 0. The van der Waals surface area contributed by atoms with Gasteiger partial charge in [0.2, 0.25) is 5.91 Å². The molecule has 1 N–H and O–H groups in total. The standard InChI is InChI=1S/C14H26N2O3/c1-2-3-4-7-19-11-14(18)16-8-12(9-16)15-6-5-13(17)10-15/h12-13,17H,2-11H2,1H3/t13-/m1/s1. The van der Waals surface area contributed by atoms with Crippen LogP contribution in [-0.2, 0) is 9.53 Å². The maximum atomic E-state index is 11.8. The van der Waals surface area contributed by atoms with Crippen molar-refractivity contribution in [1.82, 2.24) is 9.80 Å². The number of ether oxygens (including phenoxy) is 1. The number of aliphatic hydroxyl groups is 1. The Labute approximate surface area is 115 Å². The number of likely N-dealkylation sites (tertiary alicyclic amines) is 2. The monoisotopic (exact) mass is 270 g/mol. The van der Waals surface area contributed by atoms with Gasteiger partial charge in [-0.3, -0.25) is 9.69 Å². The molecule has 0 radical (unpaired) electrons. The molecule has 5 heteroatoms. The molecule has 0 aliphatic carbocycles. The minimum absolute atomic E-state index is 0.104. The van der Waals surface area contributed by atoms with E-state index >= 15 is 0 Å². The average molecular weight is 270 g/mol. The van der Waals surface area contributed by atoms with Gasteiger partial charge in [-0.25, -0.2) is 0 Å². The van der Waals surface area contributed by atoms with E-state index in [1.54, 1.807) is 0 Å². The summed E-state index contributed by atoms with van der Waals surface area (Å²) < 4.78 is 5.39. The molecular formula is C14H26N2O3. The molecule has 110 valence electrons. The summed E-state index contributed by atoms with van der Waals surface area (Å²) in [6.45, 7) is 6.38. The maximum absolute atomic E-state index is 11.8. The molecule has 0 saturated carbocycles. The Kier molecular flexibility index (Phi) is 5.60. The summed E-state index contributed by atoms with van der Waals surface area (Å²) in [4.78, 5) is 16.0. The van der Waals surface area contributed by atoms with Crippen molar-refractivity contribution in [3.8, 4) is 0 Å². The van der Waals surface area contributed by atoms with Crippen LogP contribution in [0, 0.1) is 0 Å². The second-order valence-electron chi connectivity index (χ2n) is 5.65. The molecule has 2 saturated heterocycles. The van der Waals surface area contributed by atoms with Gasteiger partial charge >= 0.3 is 0 Å². The third-order valence-electron chi connectivity index (χ3n) is 4.04. The topological polar surface area (TPSA) is 53.0 Å². The zero-order valence-corrected chi connectivity index (χ0v) is 11.9. The lowest BCUT2D eigenvalue weighted by Crippen LogP contribution is -2.61. The van der Waals surface area contributed by atoms with E-state index in [2.05, 4.69) is 11.8 Å². The minimum atomic E-state index is -0.174. The van der Waals surface area contributed by atoms with Crippen LogP contribution >= 0.6 is 0 Å². The quantitative estimate of drug-likeness (QED) is 0.683. The summed E-state index contributed by atoms with van der Waals surface area (Å²) >= 11 is 0. The van der Waals surface area contributed by atoms with Gasteiger partial charge in [-0.1, -0.05) is 19.8 Å². The number of hydrogen-bond acceptors (Lipinski definition) is 4. The van der Waals surface area contributed by atoms with Crippen LogP contribution in [0.25, 0.3) is 0 Å². The number of aliphatic hydroxyl groups excluding tert-OH is 1. The van der Waals surface area contributed by atoms with Crippen LogP contribution in [0.4, 0.5) is 0 Å². The van der Waals surface area contributed by atoms with Gasteiger partial charge < -0.3 is 14.7 Å². The maximum Gasteiger partial charge on any atom is 0.248 e. The largest absolute Gasteiger partial charge is 0.392 e. The second kappa shape index (κ2) is 7.22. The van der Waals surface area contributed by atoms with Crippen molar-refractivity contribution in [2.75, 3.05) is 39.4 Å². The Balaban J connectivity index is 1.54. The molecule has 1 atom stereocenters. The van der Waals surface area contributed by atoms with E-state index in [0.29, 0.717) is 12.6 Å². The van der Waals surface area contributed by atoms with Crippen LogP contribution in [0.5, 0.6) is 0 Å². The highest BCUT2D eigenvalue weighted by atomic mass is 16.5. The van der Waals surface area contributed by atoms with Gasteiger partial charge in [-0.2, -0.15) is 0 Å². The van der Waals surface area contributed by atoms with E-state index in [0.717, 1.165) is 45.4 Å². The molecule has 0 aromatic carbocycles. The number of carbonyl (C=O) groups excluding carboxylic acids is 1. The van der Waals surface area contributed by atoms with Crippen molar-refractivity contribution in [3.05, 3.63) is 0 Å². The normalized spacial score (nSPS) is 24.7. The van der Waals surface area contributed by atoms with Gasteiger partial charge in [-0.05, 0) is 12.8 Å². The van der Waals surface area contributed by atoms with Crippen molar-refractivity contribution >= 4 is 5.91 Å². The van der Waals surface area contributed by atoms with Gasteiger partial charge in [0.1, 0.15) is 6.61 Å². The van der Waals surface area contributed by atoms with Crippen LogP contribution < -0.4 is 0 Å². The first kappa shape index (κ1) is 14.8. The number of β-amino-alcohol motifs (C(OH)–C–C–N with tert-alkyl or cyclic N) is 1. The number of hydrogen-bond donors (Lipinski definition) is 1. The predicted molar refractivity (Wildman–Crippen MR) is 72.9 cm³/mol. The highest BCUT2D eigenvalue weighted by Gasteiger charge is 2.37. The van der Waals surface area contributed by atoms with Crippen molar-refractivity contribution in [2.45, 2.75) is 44.8 Å². The number of unbranched alkanes of at least 4 members (excludes halogenated alkanes) is 2. The summed E-state index contributed by atoms with van der Waals surface area (Å²) in [7, 11) is 0. The number of rotatable bonds is 7. The molecule has 2 heterocycles. The predicted octanol–water partition coefficient (Wildman–Crippen LogP) is 0.471. The Bertz CT molecular complexity index is 292. The molecule has 1 amide bonds. The highest BCUT2D eigenvalue weighted by Crippen LogP contribution is 2.20. The third-order valence-corrected chi connectivity index (χ3v) is 4.04. The van der Waals surface area contributed by atoms with Gasteiger partial charge in [0.05, 0.1) is 6.10 Å². The van der Waals surface area contributed by atoms with Crippen LogP contribution in [-0.4, -0.2) is 72.4 Å². The molecule has 0 aromatic heterocycles. The lowest BCUT2D eigenvalue weighted by Gasteiger charge is -2.44. The molecule has 0 aromatic rings. The number of carbonyl (C=O) groups is 1. The molecule has 0 bridgehead atoms. The number of amides is 1. The lowest BCUT2D eigenvalue weighted by molar-refractivity contribution is -0.143. The molecule has 0 unspecified atom stereocenters.